The van der Waals surface area contributed by atoms with Gasteiger partial charge in [0.25, 0.3) is 0 Å². The number of rotatable bonds is 19. The summed E-state index contributed by atoms with van der Waals surface area (Å²) in [6, 6.07) is 0. The average Bonchev–Trinajstić information content (AvgIpc) is 2.58. The van der Waals surface area contributed by atoms with Crippen molar-refractivity contribution in [3.8, 4) is 0 Å². The van der Waals surface area contributed by atoms with Gasteiger partial charge in [0.05, 0.1) is 52.8 Å². The Bertz CT molecular complexity index is 342. The van der Waals surface area contributed by atoms with E-state index in [4.69, 9.17) is 18.9 Å². The van der Waals surface area contributed by atoms with Gasteiger partial charge in [-0.3, -0.25) is 4.79 Å². The summed E-state index contributed by atoms with van der Waals surface area (Å²) in [5.74, 6) is 0.848. The van der Waals surface area contributed by atoms with Crippen LogP contribution in [0.1, 0.15) is 53.9 Å². The van der Waals surface area contributed by atoms with Gasteiger partial charge in [-0.1, -0.05) is 34.6 Å². The third-order valence-electron chi connectivity index (χ3n) is 3.86. The molecule has 0 aliphatic carbocycles. The van der Waals surface area contributed by atoms with Crippen LogP contribution in [-0.2, 0) is 23.7 Å². The highest BCUT2D eigenvalue weighted by Gasteiger charge is 2.08. The van der Waals surface area contributed by atoms with Gasteiger partial charge in [0.1, 0.15) is 5.78 Å². The number of hydrogen-bond acceptors (Lipinski definition) is 6. The second-order valence-corrected chi connectivity index (χ2v) is 8.41. The van der Waals surface area contributed by atoms with Gasteiger partial charge in [-0.15, -0.1) is 0 Å². The Hall–Kier alpha value is -0.530. The van der Waals surface area contributed by atoms with Gasteiger partial charge in [0.15, 0.2) is 0 Å². The molecule has 6 heteroatoms. The lowest BCUT2D eigenvalue weighted by atomic mass is 9.93. The molecule has 0 aromatic rings. The lowest BCUT2D eigenvalue weighted by Gasteiger charge is -2.17. The number of ether oxygens (including phenoxy) is 4. The van der Waals surface area contributed by atoms with E-state index in [-0.39, 0.29) is 5.78 Å². The fourth-order valence-corrected chi connectivity index (χ4v) is 2.05. The van der Waals surface area contributed by atoms with Gasteiger partial charge in [-0.2, -0.15) is 0 Å². The molecule has 0 rings (SSSR count). The summed E-state index contributed by atoms with van der Waals surface area (Å²) >= 11 is 0. The molecule has 0 amide bonds. The summed E-state index contributed by atoms with van der Waals surface area (Å²) in [5.41, 5.74) is 0.317. The van der Waals surface area contributed by atoms with Crippen molar-refractivity contribution in [1.82, 2.24) is 5.32 Å². The molecule has 0 aliphatic heterocycles. The molecule has 0 saturated heterocycles. The Morgan fingerprint density at radius 1 is 0.815 bits per heavy atom. The molecule has 0 radical (unpaired) electrons. The Labute approximate surface area is 166 Å². The van der Waals surface area contributed by atoms with Crippen LogP contribution in [0.25, 0.3) is 0 Å². The SMILES string of the molecule is CC(C)CCC(=O)CNCCOCCOCCOCCOCCC(C)(C)C. The number of nitrogens with one attached hydrogen (secondary N) is 1. The Morgan fingerprint density at radius 3 is 1.78 bits per heavy atom. The molecule has 0 aromatic heterocycles. The summed E-state index contributed by atoms with van der Waals surface area (Å²) in [6.07, 6.45) is 2.67. The van der Waals surface area contributed by atoms with Gasteiger partial charge >= 0.3 is 0 Å². The Morgan fingerprint density at radius 2 is 1.30 bits per heavy atom. The summed E-state index contributed by atoms with van der Waals surface area (Å²) in [6.45, 7) is 16.9. The molecule has 6 nitrogen and oxygen atoms in total. The zero-order valence-corrected chi connectivity index (χ0v) is 18.3. The van der Waals surface area contributed by atoms with Crippen LogP contribution in [0.2, 0.25) is 0 Å². The average molecular weight is 390 g/mol. The van der Waals surface area contributed by atoms with Crippen LogP contribution in [0, 0.1) is 11.3 Å². The van der Waals surface area contributed by atoms with E-state index < -0.39 is 0 Å². The minimum atomic E-state index is 0.270. The van der Waals surface area contributed by atoms with E-state index in [9.17, 15) is 4.79 Å². The number of carbonyl (C=O) groups excluding carboxylic acids is 1. The summed E-state index contributed by atoms with van der Waals surface area (Å²) in [7, 11) is 0. The lowest BCUT2D eigenvalue weighted by molar-refractivity contribution is -0.118. The van der Waals surface area contributed by atoms with Crippen LogP contribution in [0.5, 0.6) is 0 Å². The molecule has 0 aliphatic rings. The first-order valence-electron chi connectivity index (χ1n) is 10.3. The monoisotopic (exact) mass is 389 g/mol. The molecule has 0 unspecified atom stereocenters. The van der Waals surface area contributed by atoms with E-state index in [1.807, 2.05) is 0 Å². The zero-order valence-electron chi connectivity index (χ0n) is 18.3. The normalized spacial score (nSPS) is 12.1. The van der Waals surface area contributed by atoms with Crippen LogP contribution < -0.4 is 5.32 Å². The van der Waals surface area contributed by atoms with Crippen LogP contribution in [-0.4, -0.2) is 71.7 Å². The highest BCUT2D eigenvalue weighted by Crippen LogP contribution is 2.17. The first-order chi connectivity index (χ1) is 12.8. The number of hydrogen-bond donors (Lipinski definition) is 1. The fourth-order valence-electron chi connectivity index (χ4n) is 2.05. The molecule has 0 saturated carbocycles. The predicted octanol–water partition coefficient (Wildman–Crippen LogP) is 3.08. The van der Waals surface area contributed by atoms with Crippen molar-refractivity contribution >= 4 is 5.78 Å². The predicted molar refractivity (Wildman–Crippen MR) is 109 cm³/mol. The molecule has 27 heavy (non-hydrogen) atoms. The van der Waals surface area contributed by atoms with Crippen molar-refractivity contribution in [1.29, 1.82) is 0 Å². The van der Waals surface area contributed by atoms with Crippen molar-refractivity contribution in [2.45, 2.75) is 53.9 Å². The van der Waals surface area contributed by atoms with Gasteiger partial charge in [0.2, 0.25) is 0 Å². The highest BCUT2D eigenvalue weighted by molar-refractivity contribution is 5.80. The van der Waals surface area contributed by atoms with Crippen molar-refractivity contribution in [2.75, 3.05) is 65.9 Å². The Kier molecular flexibility index (Phi) is 17.2. The van der Waals surface area contributed by atoms with Crippen molar-refractivity contribution in [3.05, 3.63) is 0 Å². The van der Waals surface area contributed by atoms with Crippen molar-refractivity contribution in [2.24, 2.45) is 11.3 Å². The van der Waals surface area contributed by atoms with Crippen molar-refractivity contribution in [3.63, 3.8) is 0 Å². The van der Waals surface area contributed by atoms with Crippen LogP contribution in [0.15, 0.2) is 0 Å². The number of carbonyl (C=O) groups is 1. The summed E-state index contributed by atoms with van der Waals surface area (Å²) in [4.78, 5) is 11.6. The topological polar surface area (TPSA) is 66.0 Å². The first-order valence-corrected chi connectivity index (χ1v) is 10.3. The summed E-state index contributed by atoms with van der Waals surface area (Å²) in [5, 5.41) is 3.11. The van der Waals surface area contributed by atoms with Crippen LogP contribution in [0.4, 0.5) is 0 Å². The van der Waals surface area contributed by atoms with E-state index in [1.165, 1.54) is 0 Å². The van der Waals surface area contributed by atoms with E-state index >= 15 is 0 Å². The Balaban J connectivity index is 3.14. The third kappa shape index (κ3) is 23.4. The maximum atomic E-state index is 11.6. The fraction of sp³-hybridized carbons (Fsp3) is 0.952. The van der Waals surface area contributed by atoms with Gasteiger partial charge in [0, 0.05) is 19.6 Å². The maximum absolute atomic E-state index is 11.6. The standard InChI is InChI=1S/C21H43NO5/c1-19(2)6-7-20(23)18-22-9-11-25-13-15-27-17-16-26-14-12-24-10-8-21(3,4)5/h19,22H,6-18H2,1-5H3. The summed E-state index contributed by atoms with van der Waals surface area (Å²) < 4.78 is 21.9. The second kappa shape index (κ2) is 17.6. The minimum Gasteiger partial charge on any atom is -0.379 e. The van der Waals surface area contributed by atoms with E-state index in [2.05, 4.69) is 39.9 Å². The molecule has 1 N–H and O–H groups in total. The van der Waals surface area contributed by atoms with Gasteiger partial charge in [-0.05, 0) is 24.2 Å². The van der Waals surface area contributed by atoms with Crippen molar-refractivity contribution < 1.29 is 23.7 Å². The molecule has 0 heterocycles. The highest BCUT2D eigenvalue weighted by atomic mass is 16.6. The molecule has 0 fully saturated rings. The molecular weight excluding hydrogens is 346 g/mol. The van der Waals surface area contributed by atoms with E-state index in [0.717, 1.165) is 19.4 Å². The van der Waals surface area contributed by atoms with Crippen LogP contribution >= 0.6 is 0 Å². The smallest absolute Gasteiger partial charge is 0.146 e. The van der Waals surface area contributed by atoms with Gasteiger partial charge < -0.3 is 24.3 Å². The number of Topliss-reactive ketones (excluding diaryl/α,β-unsaturated/α-hetero) is 1. The minimum absolute atomic E-state index is 0.270. The molecular formula is C21H43NO5. The van der Waals surface area contributed by atoms with E-state index in [1.54, 1.807) is 0 Å². The second-order valence-electron chi connectivity index (χ2n) is 8.41. The largest absolute Gasteiger partial charge is 0.379 e. The maximum Gasteiger partial charge on any atom is 0.146 e. The van der Waals surface area contributed by atoms with Gasteiger partial charge in [-0.25, -0.2) is 0 Å². The zero-order chi connectivity index (χ0) is 20.4. The van der Waals surface area contributed by atoms with E-state index in [0.29, 0.717) is 77.1 Å². The molecule has 162 valence electrons. The first kappa shape index (κ1) is 26.5. The van der Waals surface area contributed by atoms with Crippen LogP contribution in [0.3, 0.4) is 0 Å². The quantitative estimate of drug-likeness (QED) is 0.343. The molecule has 0 spiro atoms. The molecule has 0 aromatic carbocycles. The molecule has 0 atom stereocenters. The third-order valence-corrected chi connectivity index (χ3v) is 3.86. The lowest BCUT2D eigenvalue weighted by Crippen LogP contribution is -2.27. The molecule has 0 bridgehead atoms. The number of ketones is 1.